The number of carbonyl (C=O) groups is 3. The third-order valence-electron chi connectivity index (χ3n) is 6.73. The lowest BCUT2D eigenvalue weighted by Gasteiger charge is -2.32. The Kier molecular flexibility index (Phi) is 8.92. The highest BCUT2D eigenvalue weighted by Crippen LogP contribution is 2.32. The molecule has 214 valence electrons. The Morgan fingerprint density at radius 2 is 1.85 bits per heavy atom. The maximum absolute atomic E-state index is 14.8. The molecule has 0 aliphatic heterocycles. The zero-order chi connectivity index (χ0) is 29.0. The molecule has 4 N–H and O–H groups in total. The number of anilines is 1. The van der Waals surface area contributed by atoms with Gasteiger partial charge in [-0.25, -0.2) is 4.39 Å². The molecule has 3 aromatic rings. The number of nitrogen functional groups attached to an aromatic ring is 1. The van der Waals surface area contributed by atoms with Crippen LogP contribution in [0.3, 0.4) is 0 Å². The maximum Gasteiger partial charge on any atom is 0.273 e. The van der Waals surface area contributed by atoms with Crippen molar-refractivity contribution in [1.29, 1.82) is 0 Å². The summed E-state index contributed by atoms with van der Waals surface area (Å²) in [6, 6.07) is 8.11. The van der Waals surface area contributed by atoms with Gasteiger partial charge in [0.1, 0.15) is 22.2 Å². The van der Waals surface area contributed by atoms with Gasteiger partial charge in [-0.2, -0.15) is 4.37 Å². The standard InChI is InChI=1S/C29H36FN5O4S/c1-17-14-15-21(39-17)24(27(37)33-29(2,3)4)35(16-18-10-8-9-13-20(18)30)28(38)25-22(31)23(34-40-25)26(36)32-19-11-6-5-7-12-19/h8-10,13-15,19,24H,5-7,11-12,16,31H2,1-4H3,(H,32,36)(H,33,37)/t24-/m0/s1. The van der Waals surface area contributed by atoms with Crippen LogP contribution in [0.5, 0.6) is 0 Å². The van der Waals surface area contributed by atoms with Crippen LogP contribution in [0, 0.1) is 12.7 Å². The van der Waals surface area contributed by atoms with Crippen molar-refractivity contribution < 1.29 is 23.2 Å². The van der Waals surface area contributed by atoms with Gasteiger partial charge < -0.3 is 25.7 Å². The number of furan rings is 1. The first-order valence-corrected chi connectivity index (χ1v) is 14.2. The van der Waals surface area contributed by atoms with Gasteiger partial charge in [0, 0.05) is 17.1 Å². The topological polar surface area (TPSA) is 131 Å². The molecule has 4 rings (SSSR count). The number of aryl methyl sites for hydroxylation is 1. The molecule has 1 saturated carbocycles. The van der Waals surface area contributed by atoms with Gasteiger partial charge in [0.25, 0.3) is 17.7 Å². The average Bonchev–Trinajstić information content (AvgIpc) is 3.49. The van der Waals surface area contributed by atoms with E-state index in [2.05, 4.69) is 15.0 Å². The van der Waals surface area contributed by atoms with Crippen molar-refractivity contribution in [2.24, 2.45) is 0 Å². The van der Waals surface area contributed by atoms with Crippen molar-refractivity contribution in [2.45, 2.75) is 84.0 Å². The predicted molar refractivity (Wildman–Crippen MR) is 151 cm³/mol. The molecule has 0 radical (unpaired) electrons. The molecule has 1 aliphatic carbocycles. The summed E-state index contributed by atoms with van der Waals surface area (Å²) in [5.74, 6) is -1.40. The number of rotatable bonds is 8. The minimum absolute atomic E-state index is 0.0121. The second-order valence-electron chi connectivity index (χ2n) is 11.2. The fourth-order valence-corrected chi connectivity index (χ4v) is 5.55. The van der Waals surface area contributed by atoms with Gasteiger partial charge in [-0.1, -0.05) is 37.5 Å². The molecule has 0 spiro atoms. The van der Waals surface area contributed by atoms with E-state index in [9.17, 15) is 18.8 Å². The van der Waals surface area contributed by atoms with E-state index in [1.165, 1.54) is 11.0 Å². The van der Waals surface area contributed by atoms with Gasteiger partial charge in [-0.05, 0) is 70.3 Å². The van der Waals surface area contributed by atoms with Gasteiger partial charge in [-0.15, -0.1) is 0 Å². The molecule has 9 nitrogen and oxygen atoms in total. The van der Waals surface area contributed by atoms with E-state index in [-0.39, 0.29) is 40.2 Å². The van der Waals surface area contributed by atoms with Gasteiger partial charge in [0.05, 0.1) is 12.2 Å². The number of nitrogens with one attached hydrogen (secondary N) is 2. The van der Waals surface area contributed by atoms with E-state index in [1.807, 2.05) is 20.8 Å². The molecule has 0 saturated heterocycles. The number of amides is 3. The number of benzene rings is 1. The quantitative estimate of drug-likeness (QED) is 0.345. The van der Waals surface area contributed by atoms with Crippen LogP contribution in [-0.4, -0.2) is 38.6 Å². The molecule has 1 aromatic carbocycles. The second kappa shape index (κ2) is 12.2. The molecule has 40 heavy (non-hydrogen) atoms. The minimum atomic E-state index is -1.25. The average molecular weight is 570 g/mol. The summed E-state index contributed by atoms with van der Waals surface area (Å²) in [4.78, 5) is 42.0. The third kappa shape index (κ3) is 6.88. The normalized spacial score (nSPS) is 14.9. The van der Waals surface area contributed by atoms with Crippen molar-refractivity contribution >= 4 is 34.9 Å². The highest BCUT2D eigenvalue weighted by molar-refractivity contribution is 7.09. The smallest absolute Gasteiger partial charge is 0.273 e. The number of hydrogen-bond acceptors (Lipinski definition) is 7. The molecule has 1 fully saturated rings. The van der Waals surface area contributed by atoms with Gasteiger partial charge >= 0.3 is 0 Å². The number of nitrogens with zero attached hydrogens (tertiary/aromatic N) is 2. The summed E-state index contributed by atoms with van der Waals surface area (Å²) in [6.07, 6.45) is 4.98. The number of carbonyl (C=O) groups excluding carboxylic acids is 3. The van der Waals surface area contributed by atoms with E-state index in [0.29, 0.717) is 5.76 Å². The van der Waals surface area contributed by atoms with E-state index in [1.54, 1.807) is 37.3 Å². The lowest BCUT2D eigenvalue weighted by atomic mass is 9.95. The fourth-order valence-electron chi connectivity index (χ4n) is 4.80. The predicted octanol–water partition coefficient (Wildman–Crippen LogP) is 5.13. The van der Waals surface area contributed by atoms with Crippen LogP contribution in [0.25, 0.3) is 0 Å². The molecule has 11 heteroatoms. The molecular weight excluding hydrogens is 533 g/mol. The van der Waals surface area contributed by atoms with Crippen molar-refractivity contribution in [2.75, 3.05) is 5.73 Å². The Hall–Kier alpha value is -3.73. The van der Waals surface area contributed by atoms with E-state index >= 15 is 0 Å². The molecule has 3 amide bonds. The fraction of sp³-hybridized carbons (Fsp3) is 0.448. The monoisotopic (exact) mass is 569 g/mol. The summed E-state index contributed by atoms with van der Waals surface area (Å²) in [5.41, 5.74) is 5.80. The van der Waals surface area contributed by atoms with Gasteiger partial charge in [0.15, 0.2) is 11.7 Å². The summed E-state index contributed by atoms with van der Waals surface area (Å²) >= 11 is 0.777. The van der Waals surface area contributed by atoms with Crippen LogP contribution in [-0.2, 0) is 11.3 Å². The largest absolute Gasteiger partial charge is 0.464 e. The van der Waals surface area contributed by atoms with Crippen LogP contribution < -0.4 is 16.4 Å². The Bertz CT molecular complexity index is 1370. The van der Waals surface area contributed by atoms with E-state index in [4.69, 9.17) is 10.2 Å². The van der Waals surface area contributed by atoms with Crippen molar-refractivity contribution in [3.8, 4) is 0 Å². The number of nitrogens with two attached hydrogens (primary N) is 1. The summed E-state index contributed by atoms with van der Waals surface area (Å²) in [6.45, 7) is 6.92. The second-order valence-corrected chi connectivity index (χ2v) is 12.0. The van der Waals surface area contributed by atoms with Gasteiger partial charge in [-0.3, -0.25) is 14.4 Å². The lowest BCUT2D eigenvalue weighted by Crippen LogP contribution is -2.49. The molecule has 2 heterocycles. The number of aromatic nitrogens is 1. The third-order valence-corrected chi connectivity index (χ3v) is 7.58. The van der Waals surface area contributed by atoms with Crippen LogP contribution >= 0.6 is 11.5 Å². The first-order valence-electron chi connectivity index (χ1n) is 13.4. The Morgan fingerprint density at radius 1 is 1.15 bits per heavy atom. The molecule has 2 aromatic heterocycles. The Balaban J connectivity index is 1.73. The van der Waals surface area contributed by atoms with Gasteiger partial charge in [0.2, 0.25) is 0 Å². The van der Waals surface area contributed by atoms with Crippen molar-refractivity contribution in [3.05, 3.63) is 69.9 Å². The van der Waals surface area contributed by atoms with Crippen molar-refractivity contribution in [3.63, 3.8) is 0 Å². The first-order chi connectivity index (χ1) is 18.9. The van der Waals surface area contributed by atoms with E-state index in [0.717, 1.165) is 43.6 Å². The Labute approximate surface area is 237 Å². The van der Waals surface area contributed by atoms with Crippen LogP contribution in [0.2, 0.25) is 0 Å². The Morgan fingerprint density at radius 3 is 2.48 bits per heavy atom. The highest BCUT2D eigenvalue weighted by atomic mass is 32.1. The summed E-state index contributed by atoms with van der Waals surface area (Å²) in [7, 11) is 0. The summed E-state index contributed by atoms with van der Waals surface area (Å²) < 4.78 is 24.8. The zero-order valence-corrected chi connectivity index (χ0v) is 24.1. The molecule has 0 bridgehead atoms. The van der Waals surface area contributed by atoms with Crippen LogP contribution in [0.1, 0.15) is 96.2 Å². The maximum atomic E-state index is 14.8. The minimum Gasteiger partial charge on any atom is -0.464 e. The van der Waals surface area contributed by atoms with Crippen LogP contribution in [0.15, 0.2) is 40.8 Å². The highest BCUT2D eigenvalue weighted by Gasteiger charge is 2.38. The van der Waals surface area contributed by atoms with E-state index < -0.39 is 35.1 Å². The number of halogens is 1. The zero-order valence-electron chi connectivity index (χ0n) is 23.3. The van der Waals surface area contributed by atoms with Crippen molar-refractivity contribution in [1.82, 2.24) is 19.9 Å². The van der Waals surface area contributed by atoms with Crippen LogP contribution in [0.4, 0.5) is 10.1 Å². The molecule has 1 aliphatic rings. The molecule has 0 unspecified atom stereocenters. The first kappa shape index (κ1) is 29.3. The lowest BCUT2D eigenvalue weighted by molar-refractivity contribution is -0.128. The summed E-state index contributed by atoms with van der Waals surface area (Å²) in [5, 5.41) is 5.88. The molecule has 1 atom stereocenters. The molecular formula is C29H36FN5O4S. The SMILES string of the molecule is Cc1ccc([C@@H](C(=O)NC(C)(C)C)N(Cc2ccccc2F)C(=O)c2snc(C(=O)NC3CCCCC3)c2N)o1. The number of hydrogen-bond donors (Lipinski definition) is 3.